The smallest absolute Gasteiger partial charge is 0.321 e. The van der Waals surface area contributed by atoms with Gasteiger partial charge in [0.1, 0.15) is 5.75 Å². The lowest BCUT2D eigenvalue weighted by atomic mass is 10.0. The Bertz CT molecular complexity index is 1040. The molecule has 0 fully saturated rings. The number of nitriles is 1. The van der Waals surface area contributed by atoms with Gasteiger partial charge in [-0.15, -0.1) is 11.8 Å². The highest BCUT2D eigenvalue weighted by Gasteiger charge is 2.15. The number of ether oxygens (including phenoxy) is 1. The van der Waals surface area contributed by atoms with E-state index in [9.17, 15) is 14.9 Å². The summed E-state index contributed by atoms with van der Waals surface area (Å²) in [7, 11) is 0. The molecular weight excluding hydrogens is 376 g/mol. The molecule has 0 aliphatic rings. The molecule has 3 rings (SSSR count). The summed E-state index contributed by atoms with van der Waals surface area (Å²) in [5.74, 6) is -0.137. The first-order valence-corrected chi connectivity index (χ1v) is 9.23. The number of hydrogen-bond acceptors (Lipinski definition) is 6. The summed E-state index contributed by atoms with van der Waals surface area (Å²) in [5.41, 5.74) is 2.43. The molecule has 0 spiro atoms. The van der Waals surface area contributed by atoms with Crippen molar-refractivity contribution in [1.82, 2.24) is 0 Å². The summed E-state index contributed by atoms with van der Waals surface area (Å²) in [6.07, 6.45) is 0. The highest BCUT2D eigenvalue weighted by Crippen LogP contribution is 2.29. The van der Waals surface area contributed by atoms with Gasteiger partial charge in [0.05, 0.1) is 27.2 Å². The van der Waals surface area contributed by atoms with Gasteiger partial charge in [0.15, 0.2) is 0 Å². The zero-order valence-corrected chi connectivity index (χ0v) is 15.4. The minimum absolute atomic E-state index is 0.0351. The Morgan fingerprint density at radius 1 is 1.00 bits per heavy atom. The number of para-hydroxylation sites is 1. The van der Waals surface area contributed by atoms with Crippen LogP contribution in [0.2, 0.25) is 0 Å². The van der Waals surface area contributed by atoms with E-state index in [-0.39, 0.29) is 11.4 Å². The van der Waals surface area contributed by atoms with Crippen LogP contribution in [0.1, 0.15) is 5.56 Å². The molecule has 6 nitrogen and oxygen atoms in total. The van der Waals surface area contributed by atoms with Crippen LogP contribution in [0.3, 0.4) is 0 Å². The van der Waals surface area contributed by atoms with Crippen LogP contribution in [-0.4, -0.2) is 16.6 Å². The van der Waals surface area contributed by atoms with Crippen molar-refractivity contribution in [1.29, 1.82) is 5.26 Å². The van der Waals surface area contributed by atoms with Gasteiger partial charge in [0, 0.05) is 6.07 Å². The SMILES string of the molecule is N#Cc1ccc(-c2ccc(OC(=O)CSc3ccccc3[N+](=O)[O-])cc2)cc1. The molecule has 0 amide bonds. The van der Waals surface area contributed by atoms with Crippen molar-refractivity contribution >= 4 is 23.4 Å². The average Bonchev–Trinajstić information content (AvgIpc) is 2.73. The summed E-state index contributed by atoms with van der Waals surface area (Å²) >= 11 is 1.06. The van der Waals surface area contributed by atoms with Crippen molar-refractivity contribution in [3.05, 3.63) is 88.5 Å². The molecule has 0 N–H and O–H groups in total. The summed E-state index contributed by atoms with van der Waals surface area (Å²) in [6.45, 7) is 0. The van der Waals surface area contributed by atoms with Crippen molar-refractivity contribution in [2.75, 3.05) is 5.75 Å². The third kappa shape index (κ3) is 4.75. The molecule has 3 aromatic carbocycles. The maximum absolute atomic E-state index is 12.0. The van der Waals surface area contributed by atoms with Crippen molar-refractivity contribution in [2.24, 2.45) is 0 Å². The van der Waals surface area contributed by atoms with Gasteiger partial charge in [-0.25, -0.2) is 0 Å². The van der Waals surface area contributed by atoms with E-state index in [1.807, 2.05) is 24.3 Å². The number of nitro groups is 1. The Balaban J connectivity index is 1.60. The van der Waals surface area contributed by atoms with E-state index in [0.29, 0.717) is 16.2 Å². The molecule has 138 valence electrons. The molecule has 0 radical (unpaired) electrons. The first-order valence-electron chi connectivity index (χ1n) is 8.24. The van der Waals surface area contributed by atoms with Crippen LogP contribution in [0.15, 0.2) is 77.7 Å². The number of nitro benzene ring substituents is 1. The predicted octanol–water partition coefficient (Wildman–Crippen LogP) is 4.83. The van der Waals surface area contributed by atoms with E-state index in [1.165, 1.54) is 6.07 Å². The number of thioether (sulfide) groups is 1. The van der Waals surface area contributed by atoms with E-state index in [4.69, 9.17) is 10.00 Å². The predicted molar refractivity (Wildman–Crippen MR) is 106 cm³/mol. The Morgan fingerprint density at radius 3 is 2.21 bits per heavy atom. The summed E-state index contributed by atoms with van der Waals surface area (Å²) < 4.78 is 5.29. The molecular formula is C21H14N2O4S. The molecule has 0 saturated carbocycles. The maximum atomic E-state index is 12.0. The topological polar surface area (TPSA) is 93.2 Å². The molecule has 0 saturated heterocycles. The second-order valence-corrected chi connectivity index (χ2v) is 6.72. The number of esters is 1. The van der Waals surface area contributed by atoms with Gasteiger partial charge >= 0.3 is 5.97 Å². The first kappa shape index (κ1) is 19.1. The number of nitrogens with zero attached hydrogens (tertiary/aromatic N) is 2. The number of hydrogen-bond donors (Lipinski definition) is 0. The largest absolute Gasteiger partial charge is 0.426 e. The van der Waals surface area contributed by atoms with Crippen LogP contribution >= 0.6 is 11.8 Å². The molecule has 0 aromatic heterocycles. The molecule has 3 aromatic rings. The van der Waals surface area contributed by atoms with Gasteiger partial charge in [-0.1, -0.05) is 36.4 Å². The number of carbonyl (C=O) groups excluding carboxylic acids is 1. The molecule has 0 heterocycles. The Morgan fingerprint density at radius 2 is 1.61 bits per heavy atom. The van der Waals surface area contributed by atoms with E-state index in [1.54, 1.807) is 42.5 Å². The standard InChI is InChI=1S/C21H14N2O4S/c22-13-15-5-7-16(8-6-15)17-9-11-18(12-10-17)27-21(24)14-28-20-4-2-1-3-19(20)23(25)26/h1-12H,14H2. The van der Waals surface area contributed by atoms with E-state index >= 15 is 0 Å². The average molecular weight is 390 g/mol. The summed E-state index contributed by atoms with van der Waals surface area (Å²) in [6, 6.07) is 22.5. The molecule has 0 bridgehead atoms. The van der Waals surface area contributed by atoms with E-state index in [2.05, 4.69) is 6.07 Å². The normalized spacial score (nSPS) is 10.1. The maximum Gasteiger partial charge on any atom is 0.321 e. The fraction of sp³-hybridized carbons (Fsp3) is 0.0476. The second kappa shape index (κ2) is 8.84. The van der Waals surface area contributed by atoms with Gasteiger partial charge < -0.3 is 4.74 Å². The summed E-state index contributed by atoms with van der Waals surface area (Å²) in [5, 5.41) is 19.8. The molecule has 0 unspecified atom stereocenters. The third-order valence-electron chi connectivity index (χ3n) is 3.84. The van der Waals surface area contributed by atoms with Crippen LogP contribution in [0.5, 0.6) is 5.75 Å². The molecule has 0 aliphatic carbocycles. The van der Waals surface area contributed by atoms with Gasteiger partial charge in [-0.2, -0.15) is 5.26 Å². The van der Waals surface area contributed by atoms with Gasteiger partial charge in [0.2, 0.25) is 0 Å². The molecule has 28 heavy (non-hydrogen) atoms. The van der Waals surface area contributed by atoms with Crippen molar-refractivity contribution in [2.45, 2.75) is 4.90 Å². The zero-order chi connectivity index (χ0) is 19.9. The van der Waals surface area contributed by atoms with Gasteiger partial charge in [-0.3, -0.25) is 14.9 Å². The summed E-state index contributed by atoms with van der Waals surface area (Å²) in [4.78, 5) is 23.0. The quantitative estimate of drug-likeness (QED) is 0.197. The molecule has 0 aliphatic heterocycles. The van der Waals surface area contributed by atoms with Crippen LogP contribution in [0.25, 0.3) is 11.1 Å². The van der Waals surface area contributed by atoms with Gasteiger partial charge in [0.25, 0.3) is 5.69 Å². The minimum atomic E-state index is -0.491. The van der Waals surface area contributed by atoms with Crippen LogP contribution < -0.4 is 4.74 Å². The Hall–Kier alpha value is -3.63. The second-order valence-electron chi connectivity index (χ2n) is 5.70. The number of benzene rings is 3. The highest BCUT2D eigenvalue weighted by atomic mass is 32.2. The van der Waals surface area contributed by atoms with Crippen LogP contribution in [0, 0.1) is 21.4 Å². The third-order valence-corrected chi connectivity index (χ3v) is 4.88. The lowest BCUT2D eigenvalue weighted by Gasteiger charge is -2.06. The Labute approximate surface area is 165 Å². The zero-order valence-electron chi connectivity index (χ0n) is 14.6. The monoisotopic (exact) mass is 390 g/mol. The first-order chi connectivity index (χ1) is 13.6. The highest BCUT2D eigenvalue weighted by molar-refractivity contribution is 8.00. The molecule has 0 atom stereocenters. The lowest BCUT2D eigenvalue weighted by Crippen LogP contribution is -2.10. The van der Waals surface area contributed by atoms with Crippen molar-refractivity contribution in [3.8, 4) is 22.9 Å². The fourth-order valence-corrected chi connectivity index (χ4v) is 3.28. The van der Waals surface area contributed by atoms with Crippen molar-refractivity contribution < 1.29 is 14.5 Å². The van der Waals surface area contributed by atoms with Crippen LogP contribution in [-0.2, 0) is 4.79 Å². The van der Waals surface area contributed by atoms with Crippen molar-refractivity contribution in [3.63, 3.8) is 0 Å². The lowest BCUT2D eigenvalue weighted by molar-refractivity contribution is -0.387. The van der Waals surface area contributed by atoms with E-state index in [0.717, 1.165) is 22.9 Å². The van der Waals surface area contributed by atoms with Crippen LogP contribution in [0.4, 0.5) is 5.69 Å². The molecule has 7 heteroatoms. The van der Waals surface area contributed by atoms with E-state index < -0.39 is 10.9 Å². The Kier molecular flexibility index (Phi) is 6.04. The minimum Gasteiger partial charge on any atom is -0.426 e. The number of carbonyl (C=O) groups is 1. The fourth-order valence-electron chi connectivity index (χ4n) is 2.48. The number of rotatable bonds is 6. The van der Waals surface area contributed by atoms with Gasteiger partial charge in [-0.05, 0) is 41.5 Å².